The van der Waals surface area contributed by atoms with Gasteiger partial charge in [0.05, 0.1) is 22.7 Å². The molecule has 1 heterocycles. The van der Waals surface area contributed by atoms with Crippen LogP contribution in [0.5, 0.6) is 0 Å². The Hall–Kier alpha value is -1.05. The fraction of sp³-hybridized carbons (Fsp3) is 0.583. The largest absolute Gasteiger partial charge is 0.287 e. The SMILES string of the molecule is CC(C)(C#N)CCCCn1ncc(Cl)c(Cl)c1=O. The Kier molecular flexibility index (Phi) is 5.18. The molecule has 4 nitrogen and oxygen atoms in total. The van der Waals surface area contributed by atoms with Gasteiger partial charge in [-0.1, -0.05) is 29.6 Å². The number of rotatable bonds is 5. The van der Waals surface area contributed by atoms with Crippen molar-refractivity contribution in [1.29, 1.82) is 5.26 Å². The van der Waals surface area contributed by atoms with Crippen molar-refractivity contribution in [3.63, 3.8) is 0 Å². The normalized spacial score (nSPS) is 11.3. The smallest absolute Gasteiger partial charge is 0.266 e. The fourth-order valence-electron chi connectivity index (χ4n) is 1.49. The Labute approximate surface area is 116 Å². The highest BCUT2D eigenvalue weighted by Gasteiger charge is 2.15. The third-order valence-electron chi connectivity index (χ3n) is 2.67. The number of unbranched alkanes of at least 4 members (excludes halogenated alkanes) is 1. The van der Waals surface area contributed by atoms with Crippen molar-refractivity contribution in [3.05, 3.63) is 26.6 Å². The van der Waals surface area contributed by atoms with Gasteiger partial charge in [0, 0.05) is 6.54 Å². The molecule has 98 valence electrons. The van der Waals surface area contributed by atoms with Crippen molar-refractivity contribution >= 4 is 23.2 Å². The summed E-state index contributed by atoms with van der Waals surface area (Å²) in [5, 5.41) is 13.0. The van der Waals surface area contributed by atoms with Gasteiger partial charge in [-0.25, -0.2) is 4.68 Å². The Balaban J connectivity index is 2.54. The molecule has 0 aliphatic heterocycles. The maximum atomic E-state index is 11.7. The highest BCUT2D eigenvalue weighted by molar-refractivity contribution is 6.41. The second-order valence-corrected chi connectivity index (χ2v) is 5.57. The molecule has 0 unspecified atom stereocenters. The lowest BCUT2D eigenvalue weighted by Gasteiger charge is -2.14. The topological polar surface area (TPSA) is 58.7 Å². The van der Waals surface area contributed by atoms with E-state index in [1.807, 2.05) is 13.8 Å². The molecule has 0 saturated heterocycles. The summed E-state index contributed by atoms with van der Waals surface area (Å²) in [6.07, 6.45) is 3.79. The monoisotopic (exact) mass is 287 g/mol. The molecular formula is C12H15Cl2N3O. The van der Waals surface area contributed by atoms with Gasteiger partial charge >= 0.3 is 0 Å². The van der Waals surface area contributed by atoms with Gasteiger partial charge in [0.2, 0.25) is 0 Å². The third kappa shape index (κ3) is 4.01. The molecule has 0 radical (unpaired) electrons. The number of nitriles is 1. The summed E-state index contributed by atoms with van der Waals surface area (Å²) >= 11 is 11.4. The molecule has 0 aromatic carbocycles. The first-order chi connectivity index (χ1) is 8.37. The minimum atomic E-state index is -0.372. The van der Waals surface area contributed by atoms with Crippen LogP contribution in [0.25, 0.3) is 0 Å². The summed E-state index contributed by atoms with van der Waals surface area (Å²) in [5.74, 6) is 0. The maximum Gasteiger partial charge on any atom is 0.287 e. The van der Waals surface area contributed by atoms with Crippen LogP contribution in [0.3, 0.4) is 0 Å². The van der Waals surface area contributed by atoms with Crippen LogP contribution in [-0.2, 0) is 6.54 Å². The zero-order valence-electron chi connectivity index (χ0n) is 10.4. The lowest BCUT2D eigenvalue weighted by molar-refractivity contribution is 0.408. The van der Waals surface area contributed by atoms with Crippen LogP contribution in [-0.4, -0.2) is 9.78 Å². The number of nitrogens with zero attached hydrogens (tertiary/aromatic N) is 3. The number of aryl methyl sites for hydroxylation is 1. The van der Waals surface area contributed by atoms with Gasteiger partial charge in [-0.3, -0.25) is 4.79 Å². The Morgan fingerprint density at radius 3 is 2.72 bits per heavy atom. The molecule has 0 aliphatic carbocycles. The summed E-state index contributed by atoms with van der Waals surface area (Å²) in [5.41, 5.74) is -0.695. The van der Waals surface area contributed by atoms with E-state index < -0.39 is 0 Å². The zero-order valence-corrected chi connectivity index (χ0v) is 11.9. The Morgan fingerprint density at radius 2 is 2.11 bits per heavy atom. The van der Waals surface area contributed by atoms with Crippen molar-refractivity contribution < 1.29 is 0 Å². The lowest BCUT2D eigenvalue weighted by Crippen LogP contribution is -2.23. The molecule has 0 N–H and O–H groups in total. The summed E-state index contributed by atoms with van der Waals surface area (Å²) in [4.78, 5) is 11.7. The van der Waals surface area contributed by atoms with Crippen molar-refractivity contribution in [1.82, 2.24) is 9.78 Å². The van der Waals surface area contributed by atoms with E-state index in [2.05, 4.69) is 11.2 Å². The summed E-state index contributed by atoms with van der Waals surface area (Å²) < 4.78 is 1.30. The van der Waals surface area contributed by atoms with Crippen LogP contribution in [0.4, 0.5) is 0 Å². The third-order valence-corrected chi connectivity index (χ3v) is 3.42. The van der Waals surface area contributed by atoms with E-state index >= 15 is 0 Å². The van der Waals surface area contributed by atoms with Crippen LogP contribution >= 0.6 is 23.2 Å². The van der Waals surface area contributed by atoms with Gasteiger partial charge in [-0.05, 0) is 26.7 Å². The van der Waals surface area contributed by atoms with E-state index in [1.165, 1.54) is 10.9 Å². The second kappa shape index (κ2) is 6.21. The second-order valence-electron chi connectivity index (χ2n) is 4.79. The van der Waals surface area contributed by atoms with Gasteiger partial charge in [0.1, 0.15) is 5.02 Å². The molecule has 0 amide bonds. The van der Waals surface area contributed by atoms with Crippen LogP contribution in [0.2, 0.25) is 10.0 Å². The molecule has 0 saturated carbocycles. The first-order valence-corrected chi connectivity index (χ1v) is 6.45. The van der Waals surface area contributed by atoms with Crippen molar-refractivity contribution in [3.8, 4) is 6.07 Å². The van der Waals surface area contributed by atoms with Crippen LogP contribution in [0.15, 0.2) is 11.0 Å². The van der Waals surface area contributed by atoms with Crippen LogP contribution in [0, 0.1) is 16.7 Å². The van der Waals surface area contributed by atoms with Gasteiger partial charge in [-0.2, -0.15) is 10.4 Å². The number of halogens is 2. The fourth-order valence-corrected chi connectivity index (χ4v) is 1.76. The van der Waals surface area contributed by atoms with E-state index in [-0.39, 0.29) is 21.0 Å². The predicted octanol–water partition coefficient (Wildman–Crippen LogP) is 3.27. The first kappa shape index (κ1) is 15.0. The van der Waals surface area contributed by atoms with Crippen molar-refractivity contribution in [2.45, 2.75) is 39.7 Å². The summed E-state index contributed by atoms with van der Waals surface area (Å²) in [7, 11) is 0. The molecule has 0 spiro atoms. The number of hydrogen-bond acceptors (Lipinski definition) is 3. The Bertz CT molecular complexity index is 517. The summed E-state index contributed by atoms with van der Waals surface area (Å²) in [6, 6.07) is 2.25. The van der Waals surface area contributed by atoms with Crippen LogP contribution < -0.4 is 5.56 Å². The molecule has 0 fully saturated rings. The van der Waals surface area contributed by atoms with E-state index in [9.17, 15) is 4.79 Å². The lowest BCUT2D eigenvalue weighted by atomic mass is 9.89. The standard InChI is InChI=1S/C12H15Cl2N3O/c1-12(2,8-15)5-3-4-6-17-11(18)10(14)9(13)7-16-17/h7H,3-6H2,1-2H3. The average Bonchev–Trinajstić information content (AvgIpc) is 2.34. The van der Waals surface area contributed by atoms with Crippen molar-refractivity contribution in [2.75, 3.05) is 0 Å². The van der Waals surface area contributed by atoms with Crippen LogP contribution in [0.1, 0.15) is 33.1 Å². The molecule has 0 atom stereocenters. The van der Waals surface area contributed by atoms with E-state index in [4.69, 9.17) is 28.5 Å². The summed E-state index contributed by atoms with van der Waals surface area (Å²) in [6.45, 7) is 4.28. The zero-order chi connectivity index (χ0) is 13.8. The first-order valence-electron chi connectivity index (χ1n) is 5.70. The molecule has 1 aromatic heterocycles. The van der Waals surface area contributed by atoms with E-state index in [0.29, 0.717) is 6.54 Å². The molecular weight excluding hydrogens is 273 g/mol. The molecule has 1 rings (SSSR count). The van der Waals surface area contributed by atoms with E-state index in [1.54, 1.807) is 0 Å². The molecule has 0 aliphatic rings. The average molecular weight is 288 g/mol. The van der Waals surface area contributed by atoms with Gasteiger partial charge in [0.25, 0.3) is 5.56 Å². The molecule has 6 heteroatoms. The minimum Gasteiger partial charge on any atom is -0.266 e. The minimum absolute atomic E-state index is 0.00372. The van der Waals surface area contributed by atoms with Gasteiger partial charge in [-0.15, -0.1) is 0 Å². The Morgan fingerprint density at radius 1 is 1.44 bits per heavy atom. The van der Waals surface area contributed by atoms with E-state index in [0.717, 1.165) is 19.3 Å². The maximum absolute atomic E-state index is 11.7. The molecule has 1 aromatic rings. The highest BCUT2D eigenvalue weighted by Crippen LogP contribution is 2.21. The highest BCUT2D eigenvalue weighted by atomic mass is 35.5. The predicted molar refractivity (Wildman–Crippen MR) is 71.8 cm³/mol. The van der Waals surface area contributed by atoms with Gasteiger partial charge < -0.3 is 0 Å². The molecule has 0 bridgehead atoms. The number of aromatic nitrogens is 2. The quantitative estimate of drug-likeness (QED) is 0.781. The molecule has 18 heavy (non-hydrogen) atoms. The number of hydrogen-bond donors (Lipinski definition) is 0. The van der Waals surface area contributed by atoms with Crippen molar-refractivity contribution in [2.24, 2.45) is 5.41 Å². The van der Waals surface area contributed by atoms with Gasteiger partial charge in [0.15, 0.2) is 0 Å².